The third-order valence-electron chi connectivity index (χ3n) is 3.78. The Hall–Kier alpha value is -1.36. The quantitative estimate of drug-likeness (QED) is 0.866. The van der Waals surface area contributed by atoms with E-state index in [1.54, 1.807) is 6.33 Å². The van der Waals surface area contributed by atoms with Crippen molar-refractivity contribution in [1.82, 2.24) is 9.97 Å². The number of rotatable bonds is 4. The van der Waals surface area contributed by atoms with Crippen molar-refractivity contribution >= 4 is 11.6 Å². The van der Waals surface area contributed by atoms with Crippen LogP contribution in [0.15, 0.2) is 6.33 Å². The van der Waals surface area contributed by atoms with E-state index in [1.807, 2.05) is 0 Å². The zero-order valence-corrected chi connectivity index (χ0v) is 12.1. The summed E-state index contributed by atoms with van der Waals surface area (Å²) in [6.45, 7) is 8.87. The fourth-order valence-corrected chi connectivity index (χ4v) is 2.65. The van der Waals surface area contributed by atoms with Crippen molar-refractivity contribution in [3.8, 4) is 0 Å². The number of nitrogens with one attached hydrogen (secondary N) is 1. The molecule has 1 fully saturated rings. The molecule has 2 heterocycles. The Morgan fingerprint density at radius 1 is 1.42 bits per heavy atom. The summed E-state index contributed by atoms with van der Waals surface area (Å²) in [7, 11) is 0. The zero-order chi connectivity index (χ0) is 13.8. The van der Waals surface area contributed by atoms with Crippen LogP contribution in [0.5, 0.6) is 0 Å². The van der Waals surface area contributed by atoms with Crippen molar-refractivity contribution < 1.29 is 5.11 Å². The summed E-state index contributed by atoms with van der Waals surface area (Å²) in [6, 6.07) is 0. The van der Waals surface area contributed by atoms with E-state index in [4.69, 9.17) is 0 Å². The van der Waals surface area contributed by atoms with E-state index in [0.29, 0.717) is 0 Å². The molecule has 19 heavy (non-hydrogen) atoms. The van der Waals surface area contributed by atoms with Crippen LogP contribution < -0.4 is 10.2 Å². The van der Waals surface area contributed by atoms with Crippen molar-refractivity contribution in [2.24, 2.45) is 5.92 Å². The van der Waals surface area contributed by atoms with Crippen LogP contribution in [0.25, 0.3) is 0 Å². The Bertz CT molecular complexity index is 424. The zero-order valence-electron chi connectivity index (χ0n) is 12.1. The van der Waals surface area contributed by atoms with Crippen LogP contribution in [-0.4, -0.2) is 40.8 Å². The second-order valence-electron chi connectivity index (χ2n) is 5.19. The van der Waals surface area contributed by atoms with Gasteiger partial charge in [-0.25, -0.2) is 9.97 Å². The van der Waals surface area contributed by atoms with Gasteiger partial charge in [0, 0.05) is 25.2 Å². The lowest BCUT2D eigenvalue weighted by Gasteiger charge is -2.36. The lowest BCUT2D eigenvalue weighted by Crippen LogP contribution is -2.42. The summed E-state index contributed by atoms with van der Waals surface area (Å²) in [4.78, 5) is 11.1. The molecule has 1 aliphatic heterocycles. The Kier molecular flexibility index (Phi) is 4.58. The monoisotopic (exact) mass is 264 g/mol. The first-order chi connectivity index (χ1) is 9.17. The van der Waals surface area contributed by atoms with Crippen LogP contribution in [0, 0.1) is 5.92 Å². The van der Waals surface area contributed by atoms with Gasteiger partial charge in [0.15, 0.2) is 0 Å². The van der Waals surface area contributed by atoms with Gasteiger partial charge in [0.05, 0.1) is 6.10 Å². The van der Waals surface area contributed by atoms with E-state index in [0.717, 1.165) is 44.1 Å². The summed E-state index contributed by atoms with van der Waals surface area (Å²) in [5, 5.41) is 13.1. The largest absolute Gasteiger partial charge is 0.393 e. The third kappa shape index (κ3) is 2.97. The number of piperidine rings is 1. The SMILES string of the molecule is CCNc1ncnc(N2CCC(O)C(C)C2)c1CC. The molecule has 0 radical (unpaired) electrons. The van der Waals surface area contributed by atoms with Crippen LogP contribution in [0.1, 0.15) is 32.8 Å². The van der Waals surface area contributed by atoms with Gasteiger partial charge < -0.3 is 15.3 Å². The van der Waals surface area contributed by atoms with Gasteiger partial charge in [-0.1, -0.05) is 13.8 Å². The minimum Gasteiger partial charge on any atom is -0.393 e. The summed E-state index contributed by atoms with van der Waals surface area (Å²) in [6.07, 6.45) is 3.16. The van der Waals surface area contributed by atoms with E-state index in [9.17, 15) is 5.11 Å². The first-order valence-electron chi connectivity index (χ1n) is 7.18. The molecule has 0 saturated carbocycles. The lowest BCUT2D eigenvalue weighted by atomic mass is 9.96. The minimum absolute atomic E-state index is 0.184. The van der Waals surface area contributed by atoms with Gasteiger partial charge in [-0.05, 0) is 25.7 Å². The van der Waals surface area contributed by atoms with Crippen LogP contribution >= 0.6 is 0 Å². The van der Waals surface area contributed by atoms with E-state index < -0.39 is 0 Å². The molecule has 1 aliphatic rings. The van der Waals surface area contributed by atoms with Gasteiger partial charge >= 0.3 is 0 Å². The molecular formula is C14H24N4O. The minimum atomic E-state index is -0.184. The highest BCUT2D eigenvalue weighted by atomic mass is 16.3. The third-order valence-corrected chi connectivity index (χ3v) is 3.78. The van der Waals surface area contributed by atoms with Crippen molar-refractivity contribution in [2.75, 3.05) is 29.9 Å². The maximum absolute atomic E-state index is 9.84. The normalized spacial score (nSPS) is 23.5. The van der Waals surface area contributed by atoms with Gasteiger partial charge in [0.2, 0.25) is 0 Å². The molecule has 1 aromatic rings. The Morgan fingerprint density at radius 3 is 2.84 bits per heavy atom. The molecule has 0 aliphatic carbocycles. The number of anilines is 2. The average Bonchev–Trinajstić information content (AvgIpc) is 2.42. The molecule has 5 nitrogen and oxygen atoms in total. The highest BCUT2D eigenvalue weighted by molar-refractivity contribution is 5.59. The molecule has 106 valence electrons. The summed E-state index contributed by atoms with van der Waals surface area (Å²) >= 11 is 0. The smallest absolute Gasteiger partial charge is 0.137 e. The average molecular weight is 264 g/mol. The summed E-state index contributed by atoms with van der Waals surface area (Å²) in [5.74, 6) is 2.25. The van der Waals surface area contributed by atoms with Gasteiger partial charge in [0.1, 0.15) is 18.0 Å². The van der Waals surface area contributed by atoms with E-state index in [2.05, 4.69) is 41.0 Å². The van der Waals surface area contributed by atoms with Crippen LogP contribution in [0.4, 0.5) is 11.6 Å². The van der Waals surface area contributed by atoms with Crippen molar-refractivity contribution in [1.29, 1.82) is 0 Å². The molecule has 0 spiro atoms. The van der Waals surface area contributed by atoms with Gasteiger partial charge in [-0.2, -0.15) is 0 Å². The molecular weight excluding hydrogens is 240 g/mol. The molecule has 2 unspecified atom stereocenters. The van der Waals surface area contributed by atoms with E-state index >= 15 is 0 Å². The molecule has 0 amide bonds. The number of aliphatic hydroxyl groups excluding tert-OH is 1. The van der Waals surface area contributed by atoms with E-state index in [-0.39, 0.29) is 12.0 Å². The maximum atomic E-state index is 9.84. The molecule has 2 N–H and O–H groups in total. The molecule has 2 atom stereocenters. The summed E-state index contributed by atoms with van der Waals surface area (Å²) in [5.41, 5.74) is 1.17. The highest BCUT2D eigenvalue weighted by Crippen LogP contribution is 2.28. The first-order valence-corrected chi connectivity index (χ1v) is 7.18. The fourth-order valence-electron chi connectivity index (χ4n) is 2.65. The Morgan fingerprint density at radius 2 is 2.21 bits per heavy atom. The van der Waals surface area contributed by atoms with Crippen LogP contribution in [-0.2, 0) is 6.42 Å². The predicted octanol–water partition coefficient (Wildman–Crippen LogP) is 1.68. The Labute approximate surface area is 115 Å². The number of aromatic nitrogens is 2. The van der Waals surface area contributed by atoms with Crippen molar-refractivity contribution in [2.45, 2.75) is 39.7 Å². The van der Waals surface area contributed by atoms with Crippen molar-refractivity contribution in [3.63, 3.8) is 0 Å². The van der Waals surface area contributed by atoms with Gasteiger partial charge in [-0.15, -0.1) is 0 Å². The molecule has 2 rings (SSSR count). The van der Waals surface area contributed by atoms with Gasteiger partial charge in [-0.3, -0.25) is 0 Å². The van der Waals surface area contributed by atoms with Crippen molar-refractivity contribution in [3.05, 3.63) is 11.9 Å². The number of aliphatic hydroxyl groups is 1. The molecule has 0 bridgehead atoms. The second kappa shape index (κ2) is 6.19. The van der Waals surface area contributed by atoms with Crippen LogP contribution in [0.2, 0.25) is 0 Å². The number of hydrogen-bond acceptors (Lipinski definition) is 5. The highest BCUT2D eigenvalue weighted by Gasteiger charge is 2.26. The Balaban J connectivity index is 2.26. The molecule has 5 heteroatoms. The van der Waals surface area contributed by atoms with Crippen LogP contribution in [0.3, 0.4) is 0 Å². The molecule has 1 aromatic heterocycles. The second-order valence-corrected chi connectivity index (χ2v) is 5.19. The first kappa shape index (κ1) is 14.1. The molecule has 1 saturated heterocycles. The summed E-state index contributed by atoms with van der Waals surface area (Å²) < 4.78 is 0. The maximum Gasteiger partial charge on any atom is 0.137 e. The van der Waals surface area contributed by atoms with E-state index in [1.165, 1.54) is 5.56 Å². The topological polar surface area (TPSA) is 61.3 Å². The lowest BCUT2D eigenvalue weighted by molar-refractivity contribution is 0.0968. The fraction of sp³-hybridized carbons (Fsp3) is 0.714. The van der Waals surface area contributed by atoms with Gasteiger partial charge in [0.25, 0.3) is 0 Å². The standard InChI is InChI=1S/C14H24N4O/c1-4-11-13(15-5-2)16-9-17-14(11)18-7-6-12(19)10(3)8-18/h9-10,12,19H,4-8H2,1-3H3,(H,15,16,17). The molecule has 0 aromatic carbocycles. The predicted molar refractivity (Wildman–Crippen MR) is 77.6 cm³/mol. The number of nitrogens with zero attached hydrogens (tertiary/aromatic N) is 3. The number of hydrogen-bond donors (Lipinski definition) is 2.